The molecular formula is C8H11N2. The van der Waals surface area contributed by atoms with E-state index in [1.807, 2.05) is 6.20 Å². The molecule has 1 radical (unpaired) electrons. The van der Waals surface area contributed by atoms with Crippen LogP contribution in [0.3, 0.4) is 0 Å². The van der Waals surface area contributed by atoms with Crippen molar-refractivity contribution < 1.29 is 0 Å². The maximum absolute atomic E-state index is 4.20. The van der Waals surface area contributed by atoms with Gasteiger partial charge in [0.2, 0.25) is 0 Å². The van der Waals surface area contributed by atoms with Crippen LogP contribution in [0.1, 0.15) is 19.3 Å². The Hall–Kier alpha value is -0.790. The molecule has 0 aromatic heterocycles. The first-order valence-corrected chi connectivity index (χ1v) is 3.76. The topological polar surface area (TPSA) is 24.4 Å². The summed E-state index contributed by atoms with van der Waals surface area (Å²) in [5.41, 5.74) is 0. The van der Waals surface area contributed by atoms with Crippen molar-refractivity contribution in [3.05, 3.63) is 18.3 Å². The minimum absolute atomic E-state index is 0.940. The highest BCUT2D eigenvalue weighted by molar-refractivity contribution is 5.59. The number of hydrogen-bond donors (Lipinski definition) is 1. The zero-order valence-electron chi connectivity index (χ0n) is 5.88. The Bertz CT molecular complexity index is 156. The zero-order chi connectivity index (χ0) is 6.81. The molecule has 2 rings (SSSR count). The largest absolute Gasteiger partial charge is 0.353 e. The fourth-order valence-corrected chi connectivity index (χ4v) is 1.09. The van der Waals surface area contributed by atoms with Crippen LogP contribution < -0.4 is 5.32 Å². The molecule has 1 N–H and O–H groups in total. The van der Waals surface area contributed by atoms with E-state index in [-0.39, 0.29) is 0 Å². The lowest BCUT2D eigenvalue weighted by molar-refractivity contribution is 0.751. The standard InChI is InChI=1S/C8H11N2/c1-2-7(1)5-8-3-4-9-6-10-8/h3-4,6-7H,1-2,5H2,(H,9,10). The summed E-state index contributed by atoms with van der Waals surface area (Å²) in [5.74, 6) is 0.940. The molecule has 0 saturated heterocycles. The van der Waals surface area contributed by atoms with E-state index in [1.165, 1.54) is 25.3 Å². The van der Waals surface area contributed by atoms with Crippen molar-refractivity contribution in [2.24, 2.45) is 10.9 Å². The Morgan fingerprint density at radius 3 is 3.10 bits per heavy atom. The van der Waals surface area contributed by atoms with Crippen molar-refractivity contribution in [2.75, 3.05) is 0 Å². The number of rotatable bonds is 2. The van der Waals surface area contributed by atoms with Gasteiger partial charge in [0.05, 0.1) is 6.34 Å². The molecule has 0 amide bonds. The van der Waals surface area contributed by atoms with Gasteiger partial charge in [0.25, 0.3) is 0 Å². The highest BCUT2D eigenvalue weighted by Gasteiger charge is 2.24. The summed E-state index contributed by atoms with van der Waals surface area (Å²) in [4.78, 5) is 4.20. The smallest absolute Gasteiger partial charge is 0.111 e. The van der Waals surface area contributed by atoms with Crippen molar-refractivity contribution in [2.45, 2.75) is 19.3 Å². The van der Waals surface area contributed by atoms with E-state index < -0.39 is 0 Å². The molecule has 0 bridgehead atoms. The van der Waals surface area contributed by atoms with Crippen LogP contribution in [-0.4, -0.2) is 6.34 Å². The van der Waals surface area contributed by atoms with Gasteiger partial charge in [0.1, 0.15) is 6.04 Å². The van der Waals surface area contributed by atoms with Crippen molar-refractivity contribution in [1.82, 2.24) is 5.32 Å². The monoisotopic (exact) mass is 135 g/mol. The second-order valence-corrected chi connectivity index (χ2v) is 2.90. The summed E-state index contributed by atoms with van der Waals surface area (Å²) in [5, 5.41) is 2.92. The van der Waals surface area contributed by atoms with Crippen LogP contribution >= 0.6 is 0 Å². The maximum Gasteiger partial charge on any atom is 0.111 e. The summed E-state index contributed by atoms with van der Waals surface area (Å²) in [6.45, 7) is 0. The third-order valence-corrected chi connectivity index (χ3v) is 1.87. The van der Waals surface area contributed by atoms with Gasteiger partial charge in [0.15, 0.2) is 0 Å². The number of aliphatic imine (C=N–C) groups is 1. The molecule has 2 heteroatoms. The SMILES string of the molecule is C1=C[C](CC2CC2)N=CN1. The Morgan fingerprint density at radius 2 is 2.50 bits per heavy atom. The lowest BCUT2D eigenvalue weighted by atomic mass is 10.1. The number of hydrogen-bond acceptors (Lipinski definition) is 2. The molecule has 0 atom stereocenters. The van der Waals surface area contributed by atoms with E-state index >= 15 is 0 Å². The van der Waals surface area contributed by atoms with E-state index in [0.29, 0.717) is 0 Å². The first-order valence-electron chi connectivity index (χ1n) is 3.76. The average molecular weight is 135 g/mol. The molecule has 10 heavy (non-hydrogen) atoms. The molecule has 2 aliphatic rings. The minimum atomic E-state index is 0.940. The van der Waals surface area contributed by atoms with Gasteiger partial charge in [-0.15, -0.1) is 0 Å². The highest BCUT2D eigenvalue weighted by atomic mass is 15.0. The van der Waals surface area contributed by atoms with Crippen molar-refractivity contribution in [3.8, 4) is 0 Å². The molecule has 0 spiro atoms. The van der Waals surface area contributed by atoms with Crippen LogP contribution in [0, 0.1) is 12.0 Å². The van der Waals surface area contributed by atoms with Crippen LogP contribution in [0.2, 0.25) is 0 Å². The molecular weight excluding hydrogens is 124 g/mol. The molecule has 0 unspecified atom stereocenters. The van der Waals surface area contributed by atoms with Gasteiger partial charge >= 0.3 is 0 Å². The average Bonchev–Trinajstić information content (AvgIpc) is 2.74. The Kier molecular flexibility index (Phi) is 1.46. The summed E-state index contributed by atoms with van der Waals surface area (Å²) < 4.78 is 0. The predicted molar refractivity (Wildman–Crippen MR) is 41.4 cm³/mol. The summed E-state index contributed by atoms with van der Waals surface area (Å²) in [6.07, 6.45) is 9.72. The van der Waals surface area contributed by atoms with Crippen LogP contribution in [-0.2, 0) is 0 Å². The Labute approximate surface area is 61.0 Å². The third kappa shape index (κ3) is 1.38. The molecule has 0 aromatic carbocycles. The molecule has 1 fully saturated rings. The van der Waals surface area contributed by atoms with Crippen molar-refractivity contribution in [3.63, 3.8) is 0 Å². The van der Waals surface area contributed by atoms with E-state index in [9.17, 15) is 0 Å². The van der Waals surface area contributed by atoms with Crippen molar-refractivity contribution in [1.29, 1.82) is 0 Å². The predicted octanol–water partition coefficient (Wildman–Crippen LogP) is 1.46. The van der Waals surface area contributed by atoms with Gasteiger partial charge in [-0.2, -0.15) is 0 Å². The normalized spacial score (nSPS) is 24.8. The highest BCUT2D eigenvalue weighted by Crippen LogP contribution is 2.36. The first kappa shape index (κ1) is 5.96. The number of nitrogens with one attached hydrogen (secondary N) is 1. The van der Waals surface area contributed by atoms with E-state index in [0.717, 1.165) is 5.92 Å². The van der Waals surface area contributed by atoms with E-state index in [4.69, 9.17) is 0 Å². The van der Waals surface area contributed by atoms with E-state index in [1.54, 1.807) is 6.34 Å². The zero-order valence-corrected chi connectivity index (χ0v) is 5.88. The van der Waals surface area contributed by atoms with Crippen LogP contribution in [0.15, 0.2) is 17.3 Å². The molecule has 1 aliphatic heterocycles. The van der Waals surface area contributed by atoms with Crippen LogP contribution in [0.4, 0.5) is 0 Å². The summed E-state index contributed by atoms with van der Waals surface area (Å²) >= 11 is 0. The molecule has 1 aliphatic carbocycles. The molecule has 0 aromatic rings. The molecule has 1 heterocycles. The van der Waals surface area contributed by atoms with E-state index in [2.05, 4.69) is 16.4 Å². The van der Waals surface area contributed by atoms with Crippen LogP contribution in [0.25, 0.3) is 0 Å². The van der Waals surface area contributed by atoms with Gasteiger partial charge in [-0.25, -0.2) is 0 Å². The quantitative estimate of drug-likeness (QED) is 0.609. The van der Waals surface area contributed by atoms with Crippen molar-refractivity contribution >= 4 is 6.34 Å². The molecule has 1 saturated carbocycles. The summed E-state index contributed by atoms with van der Waals surface area (Å²) in [6, 6.07) is 1.22. The fourth-order valence-electron chi connectivity index (χ4n) is 1.09. The van der Waals surface area contributed by atoms with Gasteiger partial charge in [-0.3, -0.25) is 4.99 Å². The molecule has 53 valence electrons. The van der Waals surface area contributed by atoms with Gasteiger partial charge in [0, 0.05) is 6.20 Å². The lowest BCUT2D eigenvalue weighted by Gasteiger charge is -2.07. The second kappa shape index (κ2) is 2.45. The fraction of sp³-hybridized carbons (Fsp3) is 0.500. The van der Waals surface area contributed by atoms with Gasteiger partial charge in [-0.1, -0.05) is 12.8 Å². The third-order valence-electron chi connectivity index (χ3n) is 1.87. The Balaban J connectivity index is 1.84. The summed E-state index contributed by atoms with van der Waals surface area (Å²) in [7, 11) is 0. The number of nitrogens with zero attached hydrogens (tertiary/aromatic N) is 1. The van der Waals surface area contributed by atoms with Gasteiger partial charge < -0.3 is 5.32 Å². The maximum atomic E-state index is 4.20. The minimum Gasteiger partial charge on any atom is -0.353 e. The second-order valence-electron chi connectivity index (χ2n) is 2.90. The van der Waals surface area contributed by atoms with Crippen LogP contribution in [0.5, 0.6) is 0 Å². The Morgan fingerprint density at radius 1 is 1.60 bits per heavy atom. The lowest BCUT2D eigenvalue weighted by Crippen LogP contribution is -2.08. The van der Waals surface area contributed by atoms with Gasteiger partial charge in [-0.05, 0) is 18.4 Å². The first-order chi connectivity index (χ1) is 4.95. The molecule has 2 nitrogen and oxygen atoms in total.